The highest BCUT2D eigenvalue weighted by atomic mass is 32.2. The van der Waals surface area contributed by atoms with E-state index < -0.39 is 10.0 Å². The maximum Gasteiger partial charge on any atom is 0.240 e. The van der Waals surface area contributed by atoms with Crippen LogP contribution < -0.4 is 14.2 Å². The normalized spacial score (nSPS) is 12.9. The second kappa shape index (κ2) is 8.73. The van der Waals surface area contributed by atoms with Crippen molar-refractivity contribution in [2.24, 2.45) is 0 Å². The van der Waals surface area contributed by atoms with Gasteiger partial charge in [-0.2, -0.15) is 0 Å². The molecule has 27 heavy (non-hydrogen) atoms. The molecule has 0 saturated heterocycles. The first-order valence-corrected chi connectivity index (χ1v) is 10.1. The molecule has 0 aliphatic rings. The Hall–Kier alpha value is -2.09. The number of methoxy groups -OCH3 is 2. The second-order valence-corrected chi connectivity index (χ2v) is 8.45. The Labute approximate surface area is 162 Å². The van der Waals surface area contributed by atoms with Crippen molar-refractivity contribution in [1.82, 2.24) is 9.62 Å². The molecule has 0 radical (unpaired) electrons. The summed E-state index contributed by atoms with van der Waals surface area (Å²) in [6.45, 7) is 3.91. The van der Waals surface area contributed by atoms with Crippen LogP contribution in [0.5, 0.6) is 11.5 Å². The number of rotatable bonds is 8. The molecule has 148 valence electrons. The van der Waals surface area contributed by atoms with E-state index in [9.17, 15) is 8.42 Å². The molecule has 0 amide bonds. The van der Waals surface area contributed by atoms with Crippen LogP contribution in [0.4, 0.5) is 0 Å². The van der Waals surface area contributed by atoms with Gasteiger partial charge in [0.15, 0.2) is 11.5 Å². The minimum Gasteiger partial charge on any atom is -0.493 e. The van der Waals surface area contributed by atoms with Crippen molar-refractivity contribution in [3.05, 3.63) is 53.1 Å². The van der Waals surface area contributed by atoms with Crippen LogP contribution in [0.3, 0.4) is 0 Å². The molecule has 6 nitrogen and oxygen atoms in total. The SMILES string of the molecule is COc1ccc(C(CNS(=O)(=O)c2cc(C)ccc2C)N(C)C)cc1OC. The molecule has 0 saturated carbocycles. The van der Waals surface area contributed by atoms with Crippen LogP contribution in [0.2, 0.25) is 0 Å². The Balaban J connectivity index is 2.28. The Kier molecular flexibility index (Phi) is 6.86. The van der Waals surface area contributed by atoms with Crippen LogP contribution in [0, 0.1) is 13.8 Å². The summed E-state index contributed by atoms with van der Waals surface area (Å²) in [6.07, 6.45) is 0. The monoisotopic (exact) mass is 392 g/mol. The highest BCUT2D eigenvalue weighted by Gasteiger charge is 2.22. The molecule has 0 fully saturated rings. The third kappa shape index (κ3) is 5.00. The van der Waals surface area contributed by atoms with Crippen LogP contribution >= 0.6 is 0 Å². The average Bonchev–Trinajstić information content (AvgIpc) is 2.63. The predicted molar refractivity (Wildman–Crippen MR) is 107 cm³/mol. The fraction of sp³-hybridized carbons (Fsp3) is 0.400. The van der Waals surface area contributed by atoms with Gasteiger partial charge in [-0.05, 0) is 62.8 Å². The van der Waals surface area contributed by atoms with E-state index in [1.807, 2.05) is 56.3 Å². The minimum atomic E-state index is -3.61. The maximum absolute atomic E-state index is 12.8. The third-order valence-corrected chi connectivity index (χ3v) is 6.08. The molecule has 2 aromatic carbocycles. The molecule has 0 aliphatic heterocycles. The smallest absolute Gasteiger partial charge is 0.240 e. The van der Waals surface area contributed by atoms with Crippen LogP contribution in [0.1, 0.15) is 22.7 Å². The van der Waals surface area contributed by atoms with Gasteiger partial charge in [0.05, 0.1) is 19.1 Å². The summed E-state index contributed by atoms with van der Waals surface area (Å²) in [5.41, 5.74) is 2.56. The van der Waals surface area contributed by atoms with E-state index in [0.29, 0.717) is 16.4 Å². The molecule has 0 aliphatic carbocycles. The van der Waals surface area contributed by atoms with Gasteiger partial charge in [0.25, 0.3) is 0 Å². The Bertz CT molecular complexity index is 895. The fourth-order valence-electron chi connectivity index (χ4n) is 2.92. The molecule has 2 rings (SSSR count). The number of likely N-dealkylation sites (N-methyl/N-ethyl adjacent to an activating group) is 1. The molecule has 7 heteroatoms. The minimum absolute atomic E-state index is 0.162. The molecule has 0 aromatic heterocycles. The summed E-state index contributed by atoms with van der Waals surface area (Å²) >= 11 is 0. The molecule has 0 heterocycles. The van der Waals surface area contributed by atoms with Gasteiger partial charge in [-0.1, -0.05) is 18.2 Å². The van der Waals surface area contributed by atoms with Crippen molar-refractivity contribution >= 4 is 10.0 Å². The zero-order valence-electron chi connectivity index (χ0n) is 16.7. The molecule has 0 spiro atoms. The van der Waals surface area contributed by atoms with E-state index in [2.05, 4.69) is 4.72 Å². The van der Waals surface area contributed by atoms with Gasteiger partial charge in [-0.3, -0.25) is 0 Å². The largest absolute Gasteiger partial charge is 0.493 e. The van der Waals surface area contributed by atoms with E-state index in [0.717, 1.165) is 16.7 Å². The van der Waals surface area contributed by atoms with E-state index in [1.54, 1.807) is 27.2 Å². The lowest BCUT2D eigenvalue weighted by Gasteiger charge is -2.26. The van der Waals surface area contributed by atoms with E-state index >= 15 is 0 Å². The summed E-state index contributed by atoms with van der Waals surface area (Å²) in [7, 11) is 3.37. The summed E-state index contributed by atoms with van der Waals surface area (Å²) in [4.78, 5) is 2.28. The molecule has 0 bridgehead atoms. The van der Waals surface area contributed by atoms with Gasteiger partial charge in [0.2, 0.25) is 10.0 Å². The number of aryl methyl sites for hydroxylation is 2. The van der Waals surface area contributed by atoms with Crippen LogP contribution in [0.15, 0.2) is 41.3 Å². The lowest BCUT2D eigenvalue weighted by atomic mass is 10.1. The number of ether oxygens (including phenoxy) is 2. The topological polar surface area (TPSA) is 67.9 Å². The van der Waals surface area contributed by atoms with E-state index in [-0.39, 0.29) is 12.6 Å². The van der Waals surface area contributed by atoms with Gasteiger partial charge in [-0.15, -0.1) is 0 Å². The van der Waals surface area contributed by atoms with Crippen molar-refractivity contribution in [2.45, 2.75) is 24.8 Å². The van der Waals surface area contributed by atoms with Crippen molar-refractivity contribution in [1.29, 1.82) is 0 Å². The molecule has 1 N–H and O–H groups in total. The Morgan fingerprint density at radius 3 is 2.26 bits per heavy atom. The van der Waals surface area contributed by atoms with Gasteiger partial charge in [0.1, 0.15) is 0 Å². The van der Waals surface area contributed by atoms with E-state index in [1.165, 1.54) is 0 Å². The quantitative estimate of drug-likeness (QED) is 0.748. The first kappa shape index (κ1) is 21.2. The van der Waals surface area contributed by atoms with Crippen molar-refractivity contribution < 1.29 is 17.9 Å². The summed E-state index contributed by atoms with van der Waals surface area (Å²) in [5, 5.41) is 0. The summed E-state index contributed by atoms with van der Waals surface area (Å²) < 4.78 is 39.0. The highest BCUT2D eigenvalue weighted by molar-refractivity contribution is 7.89. The Morgan fingerprint density at radius 1 is 1.00 bits per heavy atom. The van der Waals surface area contributed by atoms with Gasteiger partial charge in [-0.25, -0.2) is 13.1 Å². The lowest BCUT2D eigenvalue weighted by Crippen LogP contribution is -2.34. The molecule has 1 unspecified atom stereocenters. The maximum atomic E-state index is 12.8. The van der Waals surface area contributed by atoms with E-state index in [4.69, 9.17) is 9.47 Å². The Morgan fingerprint density at radius 2 is 1.67 bits per heavy atom. The molecular weight excluding hydrogens is 364 g/mol. The molecule has 2 aromatic rings. The number of benzene rings is 2. The number of hydrogen-bond acceptors (Lipinski definition) is 5. The predicted octanol–water partition coefficient (Wildman–Crippen LogP) is 2.90. The van der Waals surface area contributed by atoms with Crippen molar-refractivity contribution in [3.8, 4) is 11.5 Å². The van der Waals surface area contributed by atoms with Crippen LogP contribution in [-0.2, 0) is 10.0 Å². The zero-order chi connectivity index (χ0) is 20.2. The molecule has 1 atom stereocenters. The number of hydrogen-bond donors (Lipinski definition) is 1. The van der Waals surface area contributed by atoms with Gasteiger partial charge >= 0.3 is 0 Å². The van der Waals surface area contributed by atoms with Gasteiger partial charge in [0, 0.05) is 12.6 Å². The number of nitrogens with zero attached hydrogens (tertiary/aromatic N) is 1. The first-order chi connectivity index (χ1) is 12.7. The van der Waals surface area contributed by atoms with Crippen LogP contribution in [0.25, 0.3) is 0 Å². The highest BCUT2D eigenvalue weighted by Crippen LogP contribution is 2.31. The standard InChI is InChI=1S/C20H28N2O4S/c1-14-7-8-15(2)20(11-14)27(23,24)21-13-17(22(3)4)16-9-10-18(25-5)19(12-16)26-6/h7-12,17,21H,13H2,1-6H3. The van der Waals surface area contributed by atoms with Crippen LogP contribution in [-0.4, -0.2) is 48.2 Å². The van der Waals surface area contributed by atoms with Crippen molar-refractivity contribution in [2.75, 3.05) is 34.9 Å². The zero-order valence-corrected chi connectivity index (χ0v) is 17.6. The summed E-state index contributed by atoms with van der Waals surface area (Å²) in [5.74, 6) is 1.24. The van der Waals surface area contributed by atoms with Gasteiger partial charge < -0.3 is 14.4 Å². The third-order valence-electron chi connectivity index (χ3n) is 4.52. The lowest BCUT2D eigenvalue weighted by molar-refractivity contribution is 0.297. The number of nitrogens with one attached hydrogen (secondary N) is 1. The summed E-state index contributed by atoms with van der Waals surface area (Å²) in [6, 6.07) is 10.9. The molecular formula is C20H28N2O4S. The second-order valence-electron chi connectivity index (χ2n) is 6.71. The average molecular weight is 393 g/mol. The van der Waals surface area contributed by atoms with Crippen molar-refractivity contribution in [3.63, 3.8) is 0 Å². The first-order valence-electron chi connectivity index (χ1n) is 8.65. The number of sulfonamides is 1. The fourth-order valence-corrected chi connectivity index (χ4v) is 4.29.